The van der Waals surface area contributed by atoms with Crippen LogP contribution in [-0.2, 0) is 11.3 Å². The summed E-state index contributed by atoms with van der Waals surface area (Å²) in [6, 6.07) is 4.75. The third-order valence-corrected chi connectivity index (χ3v) is 5.44. The quantitative estimate of drug-likeness (QED) is 0.623. The van der Waals surface area contributed by atoms with E-state index in [0.717, 1.165) is 42.4 Å². The van der Waals surface area contributed by atoms with Crippen LogP contribution in [0.1, 0.15) is 37.0 Å². The van der Waals surface area contributed by atoms with E-state index < -0.39 is 0 Å². The lowest BCUT2D eigenvalue weighted by atomic mass is 9.85. The summed E-state index contributed by atoms with van der Waals surface area (Å²) in [6.45, 7) is 2.38. The summed E-state index contributed by atoms with van der Waals surface area (Å²) in [5.74, 6) is 1.42. The minimum absolute atomic E-state index is 0.0619. The van der Waals surface area contributed by atoms with Crippen molar-refractivity contribution in [3.8, 4) is 0 Å². The summed E-state index contributed by atoms with van der Waals surface area (Å²) in [7, 11) is 5.34. The maximum absolute atomic E-state index is 13.5. The highest BCUT2D eigenvalue weighted by Crippen LogP contribution is 2.27. The van der Waals surface area contributed by atoms with Gasteiger partial charge < -0.3 is 20.0 Å². The molecule has 1 aromatic carbocycles. The fraction of sp³-hybridized carbons (Fsp3) is 0.524. The van der Waals surface area contributed by atoms with Crippen molar-refractivity contribution in [2.75, 3.05) is 21.1 Å². The minimum atomic E-state index is -0.271. The Morgan fingerprint density at radius 1 is 1.36 bits per heavy atom. The number of hydrogen-bond donors (Lipinski definition) is 2. The van der Waals surface area contributed by atoms with E-state index in [1.165, 1.54) is 12.1 Å². The number of furan rings is 1. The number of rotatable bonds is 4. The SMILES string of the molecule is CN=C(NCc1oc2ccc(F)cc2c1C)NC1CCCC(C(=O)N(C)C)C1. The summed E-state index contributed by atoms with van der Waals surface area (Å²) >= 11 is 0. The van der Waals surface area contributed by atoms with Crippen LogP contribution in [0.2, 0.25) is 0 Å². The van der Waals surface area contributed by atoms with Gasteiger partial charge in [-0.15, -0.1) is 0 Å². The Labute approximate surface area is 165 Å². The van der Waals surface area contributed by atoms with Gasteiger partial charge in [-0.25, -0.2) is 4.39 Å². The van der Waals surface area contributed by atoms with Gasteiger partial charge in [0.2, 0.25) is 5.91 Å². The first-order valence-corrected chi connectivity index (χ1v) is 9.75. The van der Waals surface area contributed by atoms with Crippen LogP contribution in [0.4, 0.5) is 4.39 Å². The van der Waals surface area contributed by atoms with Crippen molar-refractivity contribution in [2.45, 2.75) is 45.2 Å². The molecule has 1 aromatic heterocycles. The topological polar surface area (TPSA) is 69.9 Å². The van der Waals surface area contributed by atoms with Crippen LogP contribution in [0.15, 0.2) is 27.6 Å². The van der Waals surface area contributed by atoms with Gasteiger partial charge in [0.15, 0.2) is 5.96 Å². The Morgan fingerprint density at radius 3 is 2.86 bits per heavy atom. The van der Waals surface area contributed by atoms with Gasteiger partial charge in [0.25, 0.3) is 0 Å². The van der Waals surface area contributed by atoms with Crippen LogP contribution in [0.5, 0.6) is 0 Å². The van der Waals surface area contributed by atoms with Crippen LogP contribution in [0, 0.1) is 18.7 Å². The first-order valence-electron chi connectivity index (χ1n) is 9.75. The Hall–Kier alpha value is -2.57. The fourth-order valence-corrected chi connectivity index (χ4v) is 3.87. The molecule has 0 saturated heterocycles. The molecular formula is C21H29FN4O2. The lowest BCUT2D eigenvalue weighted by molar-refractivity contribution is -0.134. The zero-order valence-corrected chi connectivity index (χ0v) is 17.0. The minimum Gasteiger partial charge on any atom is -0.459 e. The maximum atomic E-state index is 13.5. The van der Waals surface area contributed by atoms with E-state index in [0.29, 0.717) is 18.1 Å². The molecule has 0 aliphatic heterocycles. The molecule has 0 spiro atoms. The molecule has 1 fully saturated rings. The number of carbonyl (C=O) groups is 1. The Kier molecular flexibility index (Phi) is 6.21. The fourth-order valence-electron chi connectivity index (χ4n) is 3.87. The Morgan fingerprint density at radius 2 is 2.14 bits per heavy atom. The van der Waals surface area contributed by atoms with Crippen molar-refractivity contribution in [3.63, 3.8) is 0 Å². The van der Waals surface area contributed by atoms with E-state index in [4.69, 9.17) is 4.42 Å². The highest BCUT2D eigenvalue weighted by molar-refractivity contribution is 5.83. The van der Waals surface area contributed by atoms with Gasteiger partial charge in [-0.1, -0.05) is 6.42 Å². The second kappa shape index (κ2) is 8.63. The summed E-state index contributed by atoms with van der Waals surface area (Å²) in [6.07, 6.45) is 3.78. The molecule has 1 aliphatic carbocycles. The monoisotopic (exact) mass is 388 g/mol. The first kappa shape index (κ1) is 20.2. The molecular weight excluding hydrogens is 359 g/mol. The van der Waals surface area contributed by atoms with Crippen molar-refractivity contribution in [2.24, 2.45) is 10.9 Å². The van der Waals surface area contributed by atoms with Crippen molar-refractivity contribution < 1.29 is 13.6 Å². The number of fused-ring (bicyclic) bond motifs is 1. The summed E-state index contributed by atoms with van der Waals surface area (Å²) in [4.78, 5) is 18.2. The summed E-state index contributed by atoms with van der Waals surface area (Å²) < 4.78 is 19.3. The molecule has 1 amide bonds. The molecule has 1 saturated carbocycles. The normalized spacial score (nSPS) is 20.2. The van der Waals surface area contributed by atoms with Gasteiger partial charge in [-0.3, -0.25) is 9.79 Å². The van der Waals surface area contributed by atoms with Gasteiger partial charge in [-0.05, 0) is 44.4 Å². The number of aliphatic imine (C=N–C) groups is 1. The lowest BCUT2D eigenvalue weighted by Gasteiger charge is -2.31. The number of amides is 1. The second-order valence-corrected chi connectivity index (χ2v) is 7.65. The summed E-state index contributed by atoms with van der Waals surface area (Å²) in [5.41, 5.74) is 1.60. The predicted molar refractivity (Wildman–Crippen MR) is 109 cm³/mol. The molecule has 0 bridgehead atoms. The molecule has 28 heavy (non-hydrogen) atoms. The molecule has 6 nitrogen and oxygen atoms in total. The standard InChI is InChI=1S/C21H29FN4O2/c1-13-17-11-15(22)8-9-18(17)28-19(13)12-24-21(23-2)25-16-7-5-6-14(10-16)20(27)26(3)4/h8-9,11,14,16H,5-7,10,12H2,1-4H3,(H2,23,24,25). The van der Waals surface area contributed by atoms with Crippen molar-refractivity contribution in [1.82, 2.24) is 15.5 Å². The zero-order chi connectivity index (χ0) is 20.3. The highest BCUT2D eigenvalue weighted by Gasteiger charge is 2.28. The highest BCUT2D eigenvalue weighted by atomic mass is 19.1. The maximum Gasteiger partial charge on any atom is 0.225 e. The molecule has 152 valence electrons. The molecule has 7 heteroatoms. The van der Waals surface area contributed by atoms with Gasteiger partial charge in [0.05, 0.1) is 6.54 Å². The van der Waals surface area contributed by atoms with E-state index in [2.05, 4.69) is 15.6 Å². The number of halogens is 1. The van der Waals surface area contributed by atoms with Gasteiger partial charge in [0.1, 0.15) is 17.2 Å². The third kappa shape index (κ3) is 4.46. The van der Waals surface area contributed by atoms with E-state index in [1.54, 1.807) is 32.1 Å². The van der Waals surface area contributed by atoms with E-state index in [9.17, 15) is 9.18 Å². The molecule has 0 radical (unpaired) electrons. The molecule has 2 N–H and O–H groups in total. The van der Waals surface area contributed by atoms with E-state index in [-0.39, 0.29) is 23.7 Å². The van der Waals surface area contributed by atoms with Crippen molar-refractivity contribution in [3.05, 3.63) is 35.3 Å². The molecule has 1 heterocycles. The number of nitrogens with one attached hydrogen (secondary N) is 2. The number of nitrogens with zero attached hydrogens (tertiary/aromatic N) is 2. The van der Waals surface area contributed by atoms with Crippen LogP contribution < -0.4 is 10.6 Å². The number of benzene rings is 1. The van der Waals surface area contributed by atoms with E-state index in [1.807, 2.05) is 6.92 Å². The number of aryl methyl sites for hydroxylation is 1. The van der Waals surface area contributed by atoms with Gasteiger partial charge in [-0.2, -0.15) is 0 Å². The number of guanidine groups is 1. The predicted octanol–water partition coefficient (Wildman–Crippen LogP) is 3.19. The Bertz CT molecular complexity index is 875. The molecule has 2 aromatic rings. The number of hydrogen-bond acceptors (Lipinski definition) is 3. The number of carbonyl (C=O) groups excluding carboxylic acids is 1. The van der Waals surface area contributed by atoms with Gasteiger partial charge >= 0.3 is 0 Å². The smallest absolute Gasteiger partial charge is 0.225 e. The van der Waals surface area contributed by atoms with Crippen LogP contribution in [0.25, 0.3) is 11.0 Å². The average molecular weight is 388 g/mol. The van der Waals surface area contributed by atoms with Crippen molar-refractivity contribution in [1.29, 1.82) is 0 Å². The van der Waals surface area contributed by atoms with Crippen LogP contribution in [0.3, 0.4) is 0 Å². The summed E-state index contributed by atoms with van der Waals surface area (Å²) in [5, 5.41) is 7.49. The Balaban J connectivity index is 1.61. The van der Waals surface area contributed by atoms with Crippen LogP contribution in [-0.4, -0.2) is 44.0 Å². The first-order chi connectivity index (χ1) is 13.4. The molecule has 3 rings (SSSR count). The molecule has 2 atom stereocenters. The van der Waals surface area contributed by atoms with E-state index >= 15 is 0 Å². The largest absolute Gasteiger partial charge is 0.459 e. The average Bonchev–Trinajstić information content (AvgIpc) is 3.00. The third-order valence-electron chi connectivity index (χ3n) is 5.44. The second-order valence-electron chi connectivity index (χ2n) is 7.65. The van der Waals surface area contributed by atoms with Gasteiger partial charge in [0, 0.05) is 44.1 Å². The molecule has 1 aliphatic rings. The van der Waals surface area contributed by atoms with Crippen molar-refractivity contribution >= 4 is 22.8 Å². The van der Waals surface area contributed by atoms with Crippen LogP contribution >= 0.6 is 0 Å². The zero-order valence-electron chi connectivity index (χ0n) is 17.0. The molecule has 2 unspecified atom stereocenters. The lowest BCUT2D eigenvalue weighted by Crippen LogP contribution is -2.46.